The highest BCUT2D eigenvalue weighted by Crippen LogP contribution is 2.29. The van der Waals surface area contributed by atoms with Crippen LogP contribution in [0.25, 0.3) is 21.3 Å². The van der Waals surface area contributed by atoms with Crippen LogP contribution in [0, 0.1) is 6.92 Å². The van der Waals surface area contributed by atoms with E-state index in [0.717, 1.165) is 32.8 Å². The third-order valence-corrected chi connectivity index (χ3v) is 5.15. The number of nitrogens with zero attached hydrogens (tertiary/aromatic N) is 4. The normalized spacial score (nSPS) is 12.1. The molecule has 8 heteroatoms. The monoisotopic (exact) mass is 393 g/mol. The van der Waals surface area contributed by atoms with Gasteiger partial charge in [0.25, 0.3) is 0 Å². The first kappa shape index (κ1) is 18.3. The van der Waals surface area contributed by atoms with Crippen molar-refractivity contribution in [2.45, 2.75) is 19.6 Å². The van der Waals surface area contributed by atoms with Crippen molar-refractivity contribution in [2.75, 3.05) is 12.4 Å². The van der Waals surface area contributed by atoms with Gasteiger partial charge in [0.15, 0.2) is 5.13 Å². The van der Waals surface area contributed by atoms with Gasteiger partial charge in [-0.3, -0.25) is 4.98 Å². The Labute approximate surface area is 166 Å². The maximum absolute atomic E-state index is 10.3. The lowest BCUT2D eigenvalue weighted by Gasteiger charge is -2.11. The summed E-state index contributed by atoms with van der Waals surface area (Å²) in [4.78, 5) is 17.4. The molecule has 4 rings (SSSR count). The number of ether oxygens (including phenoxy) is 1. The molecule has 0 saturated carbocycles. The highest BCUT2D eigenvalue weighted by Gasteiger charge is 2.12. The molecule has 0 fully saturated rings. The van der Waals surface area contributed by atoms with Gasteiger partial charge in [0.1, 0.15) is 17.8 Å². The molecule has 1 atom stereocenters. The molecule has 0 saturated heterocycles. The van der Waals surface area contributed by atoms with Crippen LogP contribution in [0.15, 0.2) is 48.9 Å². The van der Waals surface area contributed by atoms with E-state index in [1.807, 2.05) is 37.3 Å². The molecule has 0 aliphatic carbocycles. The Balaban J connectivity index is 1.42. The number of aryl methyl sites for hydroxylation is 1. The second-order valence-corrected chi connectivity index (χ2v) is 7.32. The number of aliphatic hydroxyl groups excluding tert-OH is 1. The molecular formula is C20H19N5O2S. The topological polar surface area (TPSA) is 93.0 Å². The van der Waals surface area contributed by atoms with Crippen LogP contribution < -0.4 is 10.1 Å². The molecule has 0 bridgehead atoms. The summed E-state index contributed by atoms with van der Waals surface area (Å²) in [6, 6.07) is 9.58. The third-order valence-electron chi connectivity index (χ3n) is 4.20. The van der Waals surface area contributed by atoms with Crippen LogP contribution in [0.1, 0.15) is 11.5 Å². The molecule has 1 unspecified atom stereocenters. The van der Waals surface area contributed by atoms with Crippen LogP contribution in [-0.2, 0) is 6.42 Å². The number of pyridine rings is 1. The van der Waals surface area contributed by atoms with Gasteiger partial charge in [-0.15, -0.1) is 0 Å². The Bertz CT molecular complexity index is 1100. The molecule has 0 aliphatic heterocycles. The number of anilines is 1. The van der Waals surface area contributed by atoms with Gasteiger partial charge < -0.3 is 15.2 Å². The van der Waals surface area contributed by atoms with Crippen molar-refractivity contribution in [2.24, 2.45) is 0 Å². The van der Waals surface area contributed by atoms with Gasteiger partial charge in [-0.05, 0) is 42.8 Å². The molecule has 2 N–H and O–H groups in total. The molecule has 0 spiro atoms. The first-order valence-electron chi connectivity index (χ1n) is 8.74. The minimum atomic E-state index is -0.837. The van der Waals surface area contributed by atoms with Crippen molar-refractivity contribution >= 4 is 26.7 Å². The van der Waals surface area contributed by atoms with Gasteiger partial charge in [-0.25, -0.2) is 15.0 Å². The van der Waals surface area contributed by atoms with Crippen molar-refractivity contribution in [1.82, 2.24) is 19.9 Å². The van der Waals surface area contributed by atoms with E-state index in [1.165, 1.54) is 11.3 Å². The van der Waals surface area contributed by atoms with Crippen molar-refractivity contribution < 1.29 is 9.84 Å². The summed E-state index contributed by atoms with van der Waals surface area (Å²) < 4.78 is 6.22. The van der Waals surface area contributed by atoms with Gasteiger partial charge in [0.2, 0.25) is 0 Å². The average molecular weight is 393 g/mol. The lowest BCUT2D eigenvalue weighted by atomic mass is 10.1. The molecule has 0 amide bonds. The predicted octanol–water partition coefficient (Wildman–Crippen LogP) is 3.44. The van der Waals surface area contributed by atoms with Gasteiger partial charge in [0, 0.05) is 29.8 Å². The lowest BCUT2D eigenvalue weighted by Crippen LogP contribution is -2.22. The van der Waals surface area contributed by atoms with Gasteiger partial charge in [-0.2, -0.15) is 0 Å². The second-order valence-electron chi connectivity index (χ2n) is 6.29. The minimum Gasteiger partial charge on any atom is -0.497 e. The van der Waals surface area contributed by atoms with Crippen molar-refractivity contribution in [3.63, 3.8) is 0 Å². The third kappa shape index (κ3) is 4.08. The molecular weight excluding hydrogens is 374 g/mol. The van der Waals surface area contributed by atoms with E-state index in [2.05, 4.69) is 25.3 Å². The Morgan fingerprint density at radius 3 is 2.68 bits per heavy atom. The standard InChI is InChI=1S/C20H19N5O2S/c1-12-7-13(5-6-21-12)14-10-22-18(23-11-14)9-19(26)25-20-24-16-4-3-15(27-2)8-17(16)28-20/h3-8,10-11,19,26H,9H2,1-2H3,(H,24,25). The molecule has 0 aliphatic rings. The molecule has 142 valence electrons. The summed E-state index contributed by atoms with van der Waals surface area (Å²) in [6.45, 7) is 1.94. The summed E-state index contributed by atoms with van der Waals surface area (Å²) in [6.07, 6.45) is 4.72. The number of fused-ring (bicyclic) bond motifs is 1. The summed E-state index contributed by atoms with van der Waals surface area (Å²) in [7, 11) is 1.63. The molecule has 1 aromatic carbocycles. The van der Waals surface area contributed by atoms with Crippen LogP contribution >= 0.6 is 11.3 Å². The van der Waals surface area contributed by atoms with E-state index in [0.29, 0.717) is 11.0 Å². The Morgan fingerprint density at radius 1 is 1.11 bits per heavy atom. The Kier molecular flexibility index (Phi) is 5.14. The molecule has 28 heavy (non-hydrogen) atoms. The number of methoxy groups -OCH3 is 1. The zero-order chi connectivity index (χ0) is 19.5. The number of hydrogen-bond donors (Lipinski definition) is 2. The van der Waals surface area contributed by atoms with Crippen molar-refractivity contribution in [3.8, 4) is 16.9 Å². The number of aromatic nitrogens is 4. The van der Waals surface area contributed by atoms with E-state index >= 15 is 0 Å². The van der Waals surface area contributed by atoms with Crippen LogP contribution in [0.4, 0.5) is 5.13 Å². The molecule has 0 radical (unpaired) electrons. The Hall–Kier alpha value is -3.10. The summed E-state index contributed by atoms with van der Waals surface area (Å²) in [5, 5.41) is 14.0. The van der Waals surface area contributed by atoms with Gasteiger partial charge >= 0.3 is 0 Å². The van der Waals surface area contributed by atoms with E-state index in [9.17, 15) is 5.11 Å². The van der Waals surface area contributed by atoms with E-state index in [-0.39, 0.29) is 6.42 Å². The highest BCUT2D eigenvalue weighted by atomic mass is 32.1. The quantitative estimate of drug-likeness (QED) is 0.485. The molecule has 7 nitrogen and oxygen atoms in total. The second kappa shape index (κ2) is 7.87. The van der Waals surface area contributed by atoms with Crippen molar-refractivity contribution in [1.29, 1.82) is 0 Å². The fraction of sp³-hybridized carbons (Fsp3) is 0.200. The number of aliphatic hydroxyl groups is 1. The average Bonchev–Trinajstić information content (AvgIpc) is 3.09. The molecule has 4 aromatic rings. The predicted molar refractivity (Wildman–Crippen MR) is 110 cm³/mol. The lowest BCUT2D eigenvalue weighted by molar-refractivity contribution is 0.201. The summed E-state index contributed by atoms with van der Waals surface area (Å²) >= 11 is 1.46. The first-order valence-corrected chi connectivity index (χ1v) is 9.55. The van der Waals surface area contributed by atoms with Crippen LogP contribution in [0.5, 0.6) is 5.75 Å². The van der Waals surface area contributed by atoms with Crippen LogP contribution in [0.3, 0.4) is 0 Å². The zero-order valence-corrected chi connectivity index (χ0v) is 16.3. The minimum absolute atomic E-state index is 0.273. The number of benzene rings is 1. The number of rotatable bonds is 6. The number of nitrogens with one attached hydrogen (secondary N) is 1. The fourth-order valence-corrected chi connectivity index (χ4v) is 3.74. The van der Waals surface area contributed by atoms with Crippen molar-refractivity contribution in [3.05, 3.63) is 60.4 Å². The number of thiazole rings is 1. The van der Waals surface area contributed by atoms with E-state index < -0.39 is 6.23 Å². The van der Waals surface area contributed by atoms with Gasteiger partial charge in [-0.1, -0.05) is 11.3 Å². The SMILES string of the molecule is COc1ccc2nc(NC(O)Cc3ncc(-c4ccnc(C)c4)cn3)sc2c1. The summed E-state index contributed by atoms with van der Waals surface area (Å²) in [5.41, 5.74) is 3.72. The summed E-state index contributed by atoms with van der Waals surface area (Å²) in [5.74, 6) is 1.33. The molecule has 3 aromatic heterocycles. The van der Waals surface area contributed by atoms with E-state index in [4.69, 9.17) is 4.74 Å². The smallest absolute Gasteiger partial charge is 0.185 e. The largest absolute Gasteiger partial charge is 0.497 e. The highest BCUT2D eigenvalue weighted by molar-refractivity contribution is 7.22. The van der Waals surface area contributed by atoms with Gasteiger partial charge in [0.05, 0.1) is 23.7 Å². The fourth-order valence-electron chi connectivity index (χ4n) is 2.79. The van der Waals surface area contributed by atoms with Crippen LogP contribution in [-0.4, -0.2) is 38.4 Å². The maximum atomic E-state index is 10.3. The first-order chi connectivity index (χ1) is 13.6. The molecule has 3 heterocycles. The van der Waals surface area contributed by atoms with Crippen LogP contribution in [0.2, 0.25) is 0 Å². The maximum Gasteiger partial charge on any atom is 0.185 e. The zero-order valence-electron chi connectivity index (χ0n) is 15.5. The van der Waals surface area contributed by atoms with E-state index in [1.54, 1.807) is 25.7 Å². The Morgan fingerprint density at radius 2 is 1.93 bits per heavy atom. The number of hydrogen-bond acceptors (Lipinski definition) is 8.